The Morgan fingerprint density at radius 2 is 1.68 bits per heavy atom. The summed E-state index contributed by atoms with van der Waals surface area (Å²) in [5, 5.41) is -0.201. The molecule has 0 bridgehead atoms. The van der Waals surface area contributed by atoms with Crippen LogP contribution in [0.5, 0.6) is 0 Å². The van der Waals surface area contributed by atoms with Crippen molar-refractivity contribution in [2.24, 2.45) is 0 Å². The Bertz CT molecular complexity index is 857. The van der Waals surface area contributed by atoms with Gasteiger partial charge in [0.1, 0.15) is 5.03 Å². The molecular formula is C20H16ClNO3. The number of hydrogen-bond acceptors (Lipinski definition) is 3. The Morgan fingerprint density at radius 3 is 2.28 bits per heavy atom. The predicted octanol–water partition coefficient (Wildman–Crippen LogP) is 3.78. The van der Waals surface area contributed by atoms with Crippen LogP contribution in [-0.2, 0) is 14.3 Å². The molecule has 1 heterocycles. The van der Waals surface area contributed by atoms with Gasteiger partial charge in [0.2, 0.25) is 0 Å². The van der Waals surface area contributed by atoms with E-state index >= 15 is 0 Å². The van der Waals surface area contributed by atoms with E-state index in [1.54, 1.807) is 4.90 Å². The average molecular weight is 354 g/mol. The first-order chi connectivity index (χ1) is 12.1. The lowest BCUT2D eigenvalue weighted by molar-refractivity contribution is -0.135. The van der Waals surface area contributed by atoms with Crippen LogP contribution in [0.3, 0.4) is 0 Å². The first kappa shape index (κ1) is 17.0. The third-order valence-corrected chi connectivity index (χ3v) is 4.24. The molecule has 1 fully saturated rings. The van der Waals surface area contributed by atoms with Crippen molar-refractivity contribution in [1.82, 2.24) is 0 Å². The number of benzene rings is 2. The normalized spacial score (nSPS) is 17.8. The second kappa shape index (κ2) is 7.36. The van der Waals surface area contributed by atoms with E-state index in [1.807, 2.05) is 66.7 Å². The molecule has 3 rings (SSSR count). The molecule has 1 saturated heterocycles. The second-order valence-corrected chi connectivity index (χ2v) is 5.87. The summed E-state index contributed by atoms with van der Waals surface area (Å²) in [6.45, 7) is 0.334. The van der Waals surface area contributed by atoms with Crippen molar-refractivity contribution < 1.29 is 14.3 Å². The predicted molar refractivity (Wildman–Crippen MR) is 98.1 cm³/mol. The number of para-hydroxylation sites is 1. The molecule has 4 nitrogen and oxygen atoms in total. The maximum Gasteiger partial charge on any atom is 0.350 e. The molecule has 0 aromatic heterocycles. The number of esters is 1. The SMILES string of the molecule is COC(=O)/C(Cl)=C1/C(=O)N(c2ccccc2)C/C1=C\c1ccccc1. The van der Waals surface area contributed by atoms with Crippen molar-refractivity contribution in [1.29, 1.82) is 0 Å². The third-order valence-electron chi connectivity index (χ3n) is 3.90. The summed E-state index contributed by atoms with van der Waals surface area (Å²) in [4.78, 5) is 26.4. The fraction of sp³-hybridized carbons (Fsp3) is 0.100. The summed E-state index contributed by atoms with van der Waals surface area (Å²) in [5.74, 6) is -1.04. The van der Waals surface area contributed by atoms with E-state index in [9.17, 15) is 9.59 Å². The number of halogens is 1. The van der Waals surface area contributed by atoms with Gasteiger partial charge in [-0.3, -0.25) is 4.79 Å². The van der Waals surface area contributed by atoms with Crippen molar-refractivity contribution in [3.8, 4) is 0 Å². The van der Waals surface area contributed by atoms with Gasteiger partial charge in [-0.1, -0.05) is 60.1 Å². The van der Waals surface area contributed by atoms with Crippen LogP contribution in [0.15, 0.2) is 76.8 Å². The minimum Gasteiger partial charge on any atom is -0.465 e. The molecule has 0 atom stereocenters. The molecule has 0 aliphatic carbocycles. The molecular weight excluding hydrogens is 338 g/mol. The van der Waals surface area contributed by atoms with Gasteiger partial charge >= 0.3 is 5.97 Å². The van der Waals surface area contributed by atoms with Crippen LogP contribution in [0.2, 0.25) is 0 Å². The largest absolute Gasteiger partial charge is 0.465 e. The summed E-state index contributed by atoms with van der Waals surface area (Å²) >= 11 is 6.16. The van der Waals surface area contributed by atoms with Crippen LogP contribution in [0.25, 0.3) is 6.08 Å². The standard InChI is InChI=1S/C20H16ClNO3/c1-25-20(24)18(21)17-15(12-14-8-4-2-5-9-14)13-22(19(17)23)16-10-6-3-7-11-16/h2-12H,13H2,1H3/b15-12+,18-17-. The van der Waals surface area contributed by atoms with Gasteiger partial charge in [-0.05, 0) is 29.3 Å². The number of carbonyl (C=O) groups excluding carboxylic acids is 2. The molecule has 2 aromatic rings. The molecule has 0 radical (unpaired) electrons. The number of ether oxygens (including phenoxy) is 1. The Balaban J connectivity index is 2.10. The molecule has 126 valence electrons. The highest BCUT2D eigenvalue weighted by molar-refractivity contribution is 6.44. The molecule has 0 saturated carbocycles. The van der Waals surface area contributed by atoms with Crippen molar-refractivity contribution in [3.63, 3.8) is 0 Å². The highest BCUT2D eigenvalue weighted by Gasteiger charge is 2.35. The Labute approximate surface area is 151 Å². The number of amides is 1. The van der Waals surface area contributed by atoms with E-state index in [2.05, 4.69) is 4.74 Å². The van der Waals surface area contributed by atoms with Gasteiger partial charge in [0.25, 0.3) is 5.91 Å². The second-order valence-electron chi connectivity index (χ2n) is 5.49. The topological polar surface area (TPSA) is 46.6 Å². The maximum atomic E-state index is 12.9. The molecule has 0 spiro atoms. The lowest BCUT2D eigenvalue weighted by Gasteiger charge is -2.14. The van der Waals surface area contributed by atoms with Gasteiger partial charge in [-0.25, -0.2) is 4.79 Å². The first-order valence-corrected chi connectivity index (χ1v) is 8.10. The van der Waals surface area contributed by atoms with Crippen LogP contribution in [-0.4, -0.2) is 25.5 Å². The zero-order valence-corrected chi connectivity index (χ0v) is 14.4. The fourth-order valence-electron chi connectivity index (χ4n) is 2.70. The number of methoxy groups -OCH3 is 1. The summed E-state index contributed by atoms with van der Waals surface area (Å²) in [6, 6.07) is 18.8. The van der Waals surface area contributed by atoms with E-state index in [1.165, 1.54) is 7.11 Å². The van der Waals surface area contributed by atoms with Gasteiger partial charge in [-0.2, -0.15) is 0 Å². The van der Waals surface area contributed by atoms with Gasteiger partial charge in [0.05, 0.1) is 19.2 Å². The van der Waals surface area contributed by atoms with Gasteiger partial charge in [0, 0.05) is 5.69 Å². The average Bonchev–Trinajstić information content (AvgIpc) is 2.98. The fourth-order valence-corrected chi connectivity index (χ4v) is 2.98. The molecule has 1 aliphatic heterocycles. The van der Waals surface area contributed by atoms with E-state index in [0.717, 1.165) is 11.3 Å². The number of rotatable bonds is 3. The summed E-state index contributed by atoms with van der Waals surface area (Å²) in [5.41, 5.74) is 2.53. The lowest BCUT2D eigenvalue weighted by atomic mass is 10.1. The number of carbonyl (C=O) groups is 2. The molecule has 1 amide bonds. The zero-order valence-electron chi connectivity index (χ0n) is 13.6. The van der Waals surface area contributed by atoms with E-state index in [0.29, 0.717) is 12.1 Å². The third kappa shape index (κ3) is 3.49. The lowest BCUT2D eigenvalue weighted by Crippen LogP contribution is -2.24. The highest BCUT2D eigenvalue weighted by atomic mass is 35.5. The Morgan fingerprint density at radius 1 is 1.08 bits per heavy atom. The number of hydrogen-bond donors (Lipinski definition) is 0. The van der Waals surface area contributed by atoms with Crippen molar-refractivity contribution >= 4 is 35.2 Å². The van der Waals surface area contributed by atoms with Crippen LogP contribution in [0, 0.1) is 0 Å². The molecule has 25 heavy (non-hydrogen) atoms. The first-order valence-electron chi connectivity index (χ1n) is 7.73. The summed E-state index contributed by atoms with van der Waals surface area (Å²) in [6.07, 6.45) is 1.86. The molecule has 2 aromatic carbocycles. The van der Waals surface area contributed by atoms with Crippen molar-refractivity contribution in [2.75, 3.05) is 18.6 Å². The number of nitrogens with zero attached hydrogens (tertiary/aromatic N) is 1. The molecule has 1 aliphatic rings. The highest BCUT2D eigenvalue weighted by Crippen LogP contribution is 2.33. The quantitative estimate of drug-likeness (QED) is 0.623. The molecule has 0 N–H and O–H groups in total. The van der Waals surface area contributed by atoms with Crippen LogP contribution >= 0.6 is 11.6 Å². The van der Waals surface area contributed by atoms with Crippen LogP contribution in [0.1, 0.15) is 5.56 Å². The van der Waals surface area contributed by atoms with Gasteiger partial charge in [0.15, 0.2) is 0 Å². The zero-order chi connectivity index (χ0) is 17.8. The minimum absolute atomic E-state index is 0.182. The molecule has 0 unspecified atom stereocenters. The molecule has 5 heteroatoms. The van der Waals surface area contributed by atoms with Crippen LogP contribution in [0.4, 0.5) is 5.69 Å². The maximum absolute atomic E-state index is 12.9. The van der Waals surface area contributed by atoms with E-state index in [4.69, 9.17) is 11.6 Å². The Kier molecular flexibility index (Phi) is 5.00. The Hall–Kier alpha value is -2.85. The van der Waals surface area contributed by atoms with Crippen molar-refractivity contribution in [2.45, 2.75) is 0 Å². The van der Waals surface area contributed by atoms with Crippen molar-refractivity contribution in [3.05, 3.63) is 82.4 Å². The van der Waals surface area contributed by atoms with Crippen LogP contribution < -0.4 is 4.90 Å². The summed E-state index contributed by atoms with van der Waals surface area (Å²) in [7, 11) is 1.24. The number of anilines is 1. The minimum atomic E-state index is -0.723. The monoisotopic (exact) mass is 353 g/mol. The summed E-state index contributed by atoms with van der Waals surface area (Å²) < 4.78 is 4.69. The smallest absolute Gasteiger partial charge is 0.350 e. The van der Waals surface area contributed by atoms with Gasteiger partial charge in [-0.15, -0.1) is 0 Å². The van der Waals surface area contributed by atoms with E-state index in [-0.39, 0.29) is 16.5 Å². The van der Waals surface area contributed by atoms with E-state index < -0.39 is 5.97 Å². The van der Waals surface area contributed by atoms with Gasteiger partial charge < -0.3 is 9.64 Å².